The minimum absolute atomic E-state index is 0.218. The highest BCUT2D eigenvalue weighted by molar-refractivity contribution is 5.77. The number of amides is 1. The van der Waals surface area contributed by atoms with Crippen LogP contribution in [0.4, 0.5) is 0 Å². The summed E-state index contributed by atoms with van der Waals surface area (Å²) in [6, 6.07) is 0.406. The van der Waals surface area contributed by atoms with Gasteiger partial charge in [0.25, 0.3) is 0 Å². The number of hydrogen-bond donors (Lipinski definition) is 2. The van der Waals surface area contributed by atoms with Crippen LogP contribution in [0.15, 0.2) is 0 Å². The Hall–Kier alpha value is -0.570. The fourth-order valence-electron chi connectivity index (χ4n) is 2.27. The van der Waals surface area contributed by atoms with Crippen LogP contribution in [0.5, 0.6) is 0 Å². The van der Waals surface area contributed by atoms with E-state index in [1.165, 1.54) is 19.3 Å². The third-order valence-electron chi connectivity index (χ3n) is 2.88. The molecule has 0 bridgehead atoms. The van der Waals surface area contributed by atoms with E-state index >= 15 is 0 Å². The molecular weight excluding hydrogens is 142 g/mol. The summed E-state index contributed by atoms with van der Waals surface area (Å²) in [5.74, 6) is 1.26. The highest BCUT2D eigenvalue weighted by Gasteiger charge is 2.53. The van der Waals surface area contributed by atoms with Gasteiger partial charge in [-0.15, -0.1) is 0 Å². The quantitative estimate of drug-likeness (QED) is 0.584. The van der Waals surface area contributed by atoms with E-state index in [1.807, 2.05) is 0 Å². The van der Waals surface area contributed by atoms with Crippen molar-refractivity contribution in [1.82, 2.24) is 5.32 Å². The maximum absolute atomic E-state index is 10.7. The third kappa shape index (κ3) is 1.13. The molecule has 1 amide bonds. The van der Waals surface area contributed by atoms with Gasteiger partial charge in [-0.3, -0.25) is 4.79 Å². The topological polar surface area (TPSA) is 49.3 Å². The molecule has 0 heterocycles. The van der Waals surface area contributed by atoms with Crippen LogP contribution >= 0.6 is 0 Å². The number of aliphatic hydroxyl groups is 1. The average molecular weight is 155 g/mol. The van der Waals surface area contributed by atoms with Crippen molar-refractivity contribution in [3.63, 3.8) is 0 Å². The summed E-state index contributed by atoms with van der Waals surface area (Å²) in [5.41, 5.74) is 0. The summed E-state index contributed by atoms with van der Waals surface area (Å²) >= 11 is 0. The van der Waals surface area contributed by atoms with Gasteiger partial charge in [-0.25, -0.2) is 0 Å². The van der Waals surface area contributed by atoms with Crippen molar-refractivity contribution in [2.45, 2.75) is 25.3 Å². The first-order valence-corrected chi connectivity index (χ1v) is 4.23. The van der Waals surface area contributed by atoms with Gasteiger partial charge >= 0.3 is 0 Å². The molecule has 0 aromatic rings. The Balaban J connectivity index is 1.79. The van der Waals surface area contributed by atoms with Crippen LogP contribution in [-0.4, -0.2) is 23.7 Å². The van der Waals surface area contributed by atoms with E-state index < -0.39 is 0 Å². The van der Waals surface area contributed by atoms with Crippen LogP contribution in [-0.2, 0) is 4.79 Å². The number of nitrogens with one attached hydrogen (secondary N) is 1. The predicted octanol–water partition coefficient (Wildman–Crippen LogP) is -0.107. The minimum Gasteiger partial charge on any atom is -0.387 e. The van der Waals surface area contributed by atoms with Crippen LogP contribution < -0.4 is 5.32 Å². The Kier molecular flexibility index (Phi) is 1.60. The van der Waals surface area contributed by atoms with Crippen LogP contribution in [0.1, 0.15) is 19.3 Å². The predicted molar refractivity (Wildman–Crippen MR) is 39.8 cm³/mol. The van der Waals surface area contributed by atoms with Gasteiger partial charge in [0.15, 0.2) is 0 Å². The molecule has 2 aliphatic carbocycles. The molecule has 0 aromatic carbocycles. The molecule has 0 spiro atoms. The maximum atomic E-state index is 10.7. The number of fused-ring (bicyclic) bond motifs is 1. The van der Waals surface area contributed by atoms with Gasteiger partial charge in [0.1, 0.15) is 6.61 Å². The lowest BCUT2D eigenvalue weighted by atomic mass is 10.2. The molecular formula is C8H13NO2. The van der Waals surface area contributed by atoms with Crippen molar-refractivity contribution in [2.24, 2.45) is 11.8 Å². The van der Waals surface area contributed by atoms with Gasteiger partial charge in [-0.2, -0.15) is 0 Å². The van der Waals surface area contributed by atoms with Crippen LogP contribution in [0, 0.1) is 11.8 Å². The Labute approximate surface area is 65.8 Å². The van der Waals surface area contributed by atoms with Crippen molar-refractivity contribution >= 4 is 5.91 Å². The third-order valence-corrected chi connectivity index (χ3v) is 2.88. The Morgan fingerprint density at radius 1 is 1.45 bits per heavy atom. The summed E-state index contributed by atoms with van der Waals surface area (Å²) in [5, 5.41) is 11.3. The monoisotopic (exact) mass is 155 g/mol. The molecule has 2 N–H and O–H groups in total. The second kappa shape index (κ2) is 2.48. The summed E-state index contributed by atoms with van der Waals surface area (Å²) in [4.78, 5) is 10.7. The molecule has 11 heavy (non-hydrogen) atoms. The molecule has 3 atom stereocenters. The lowest BCUT2D eigenvalue weighted by Crippen LogP contribution is -2.30. The van der Waals surface area contributed by atoms with Crippen molar-refractivity contribution in [2.75, 3.05) is 6.61 Å². The molecule has 0 aromatic heterocycles. The number of rotatable bonds is 2. The molecule has 1 unspecified atom stereocenters. The summed E-state index contributed by atoms with van der Waals surface area (Å²) < 4.78 is 0. The van der Waals surface area contributed by atoms with Gasteiger partial charge in [-0.05, 0) is 24.7 Å². The van der Waals surface area contributed by atoms with Crippen molar-refractivity contribution in [3.8, 4) is 0 Å². The van der Waals surface area contributed by atoms with E-state index in [0.717, 1.165) is 11.8 Å². The maximum Gasteiger partial charge on any atom is 0.245 e. The molecule has 3 nitrogen and oxygen atoms in total. The molecule has 0 saturated heterocycles. The highest BCUT2D eigenvalue weighted by atomic mass is 16.3. The van der Waals surface area contributed by atoms with Crippen molar-refractivity contribution in [1.29, 1.82) is 0 Å². The van der Waals surface area contributed by atoms with E-state index in [2.05, 4.69) is 5.32 Å². The molecule has 62 valence electrons. The van der Waals surface area contributed by atoms with E-state index in [-0.39, 0.29) is 12.5 Å². The zero-order valence-corrected chi connectivity index (χ0v) is 6.42. The van der Waals surface area contributed by atoms with Crippen molar-refractivity contribution < 1.29 is 9.90 Å². The number of carbonyl (C=O) groups excluding carboxylic acids is 1. The first kappa shape index (κ1) is 7.10. The van der Waals surface area contributed by atoms with E-state index in [1.54, 1.807) is 0 Å². The largest absolute Gasteiger partial charge is 0.387 e. The molecule has 2 aliphatic rings. The molecule has 2 fully saturated rings. The van der Waals surface area contributed by atoms with Gasteiger partial charge in [0, 0.05) is 6.04 Å². The standard InChI is InChI=1S/C8H13NO2/c10-4-7(11)9-8-5-2-1-3-6(5)8/h5-6,8,10H,1-4H2,(H,9,11)/t5-,6+,8?. The molecule has 2 saturated carbocycles. The Bertz CT molecular complexity index is 171. The lowest BCUT2D eigenvalue weighted by molar-refractivity contribution is -0.124. The first-order chi connectivity index (χ1) is 5.33. The fourth-order valence-corrected chi connectivity index (χ4v) is 2.27. The van der Waals surface area contributed by atoms with Crippen LogP contribution in [0.3, 0.4) is 0 Å². The fraction of sp³-hybridized carbons (Fsp3) is 0.875. The van der Waals surface area contributed by atoms with Gasteiger partial charge in [0.05, 0.1) is 0 Å². The van der Waals surface area contributed by atoms with Gasteiger partial charge in [-0.1, -0.05) is 6.42 Å². The molecule has 2 rings (SSSR count). The summed E-state index contributed by atoms with van der Waals surface area (Å²) in [7, 11) is 0. The second-order valence-electron chi connectivity index (χ2n) is 3.51. The second-order valence-corrected chi connectivity index (χ2v) is 3.51. The number of aliphatic hydroxyl groups excluding tert-OH is 1. The molecule has 3 heteroatoms. The molecule has 0 radical (unpaired) electrons. The molecule has 0 aliphatic heterocycles. The van der Waals surface area contributed by atoms with E-state index in [0.29, 0.717) is 6.04 Å². The summed E-state index contributed by atoms with van der Waals surface area (Å²) in [6.07, 6.45) is 3.85. The zero-order valence-electron chi connectivity index (χ0n) is 6.42. The van der Waals surface area contributed by atoms with E-state index in [4.69, 9.17) is 5.11 Å². The highest BCUT2D eigenvalue weighted by Crippen LogP contribution is 2.51. The smallest absolute Gasteiger partial charge is 0.245 e. The summed E-state index contributed by atoms with van der Waals surface area (Å²) in [6.45, 7) is -0.365. The van der Waals surface area contributed by atoms with Crippen LogP contribution in [0.2, 0.25) is 0 Å². The lowest BCUT2D eigenvalue weighted by Gasteiger charge is -2.03. The number of carbonyl (C=O) groups is 1. The van der Waals surface area contributed by atoms with Crippen molar-refractivity contribution in [3.05, 3.63) is 0 Å². The zero-order chi connectivity index (χ0) is 7.84. The van der Waals surface area contributed by atoms with Gasteiger partial charge < -0.3 is 10.4 Å². The number of hydrogen-bond acceptors (Lipinski definition) is 2. The Morgan fingerprint density at radius 3 is 2.64 bits per heavy atom. The minimum atomic E-state index is -0.365. The van der Waals surface area contributed by atoms with Crippen LogP contribution in [0.25, 0.3) is 0 Å². The Morgan fingerprint density at radius 2 is 2.09 bits per heavy atom. The first-order valence-electron chi connectivity index (χ1n) is 4.23. The van der Waals surface area contributed by atoms with Gasteiger partial charge in [0.2, 0.25) is 5.91 Å². The van der Waals surface area contributed by atoms with E-state index in [9.17, 15) is 4.79 Å². The SMILES string of the molecule is O=C(CO)NC1[C@H]2CCC[C@@H]12. The normalized spacial score (nSPS) is 39.9. The average Bonchev–Trinajstić information content (AvgIpc) is 2.52.